The van der Waals surface area contributed by atoms with Crippen LogP contribution in [0.4, 0.5) is 0 Å². The van der Waals surface area contributed by atoms with Crippen LogP contribution in [0.1, 0.15) is 69.0 Å². The monoisotopic (exact) mass is 414 g/mol. The van der Waals surface area contributed by atoms with Gasteiger partial charge in [-0.15, -0.1) is 0 Å². The predicted octanol–water partition coefficient (Wildman–Crippen LogP) is 6.89. The molecule has 0 aromatic heterocycles. The first-order chi connectivity index (χ1) is 13.6. The fourth-order valence-corrected chi connectivity index (χ4v) is 4.55. The third-order valence-electron chi connectivity index (χ3n) is 5.74. The summed E-state index contributed by atoms with van der Waals surface area (Å²) in [7, 11) is 0. The highest BCUT2D eigenvalue weighted by atomic mass is 35.5. The maximum absolute atomic E-state index is 6.46. The van der Waals surface area contributed by atoms with Crippen molar-refractivity contribution in [1.82, 2.24) is 10.2 Å². The summed E-state index contributed by atoms with van der Waals surface area (Å²) in [4.78, 5) is 2.28. The molecule has 1 unspecified atom stereocenters. The van der Waals surface area contributed by atoms with Crippen molar-refractivity contribution in [3.05, 3.63) is 70.7 Å². The molecule has 0 spiro atoms. The number of thiocarbonyl (C=S) groups is 1. The summed E-state index contributed by atoms with van der Waals surface area (Å²) >= 11 is 12.4. The third-order valence-corrected chi connectivity index (χ3v) is 6.46. The lowest BCUT2D eigenvalue weighted by Gasteiger charge is -2.35. The first-order valence-electron chi connectivity index (χ1n) is 10.5. The van der Waals surface area contributed by atoms with Crippen LogP contribution in [-0.2, 0) is 6.54 Å². The highest BCUT2D eigenvalue weighted by Gasteiger charge is 2.22. The number of hydrogen-bond acceptors (Lipinski definition) is 1. The van der Waals surface area contributed by atoms with Crippen molar-refractivity contribution in [3.63, 3.8) is 0 Å². The molecule has 0 heterocycles. The number of nitrogens with one attached hydrogen (secondary N) is 1. The summed E-state index contributed by atoms with van der Waals surface area (Å²) < 4.78 is 0. The highest BCUT2D eigenvalue weighted by molar-refractivity contribution is 7.80. The number of rotatable bonds is 5. The van der Waals surface area contributed by atoms with Gasteiger partial charge in [-0.25, -0.2) is 0 Å². The number of halogens is 1. The molecule has 1 atom stereocenters. The van der Waals surface area contributed by atoms with Crippen molar-refractivity contribution in [2.45, 2.75) is 70.5 Å². The van der Waals surface area contributed by atoms with Crippen molar-refractivity contribution in [3.8, 4) is 0 Å². The van der Waals surface area contributed by atoms with Gasteiger partial charge in [0, 0.05) is 17.6 Å². The summed E-state index contributed by atoms with van der Waals surface area (Å²) in [6.07, 6.45) is 9.06. The quantitative estimate of drug-likeness (QED) is 0.536. The van der Waals surface area contributed by atoms with Crippen LogP contribution < -0.4 is 5.32 Å². The molecule has 2 aromatic carbocycles. The Morgan fingerprint density at radius 1 is 1.00 bits per heavy atom. The Morgan fingerprint density at radius 3 is 2.29 bits per heavy atom. The molecule has 0 bridgehead atoms. The van der Waals surface area contributed by atoms with Gasteiger partial charge in [0.15, 0.2) is 5.11 Å². The van der Waals surface area contributed by atoms with E-state index in [0.717, 1.165) is 15.7 Å². The lowest BCUT2D eigenvalue weighted by molar-refractivity contribution is 0.313. The molecule has 3 rings (SSSR count). The Kier molecular flexibility index (Phi) is 8.17. The zero-order valence-electron chi connectivity index (χ0n) is 16.7. The molecule has 1 N–H and O–H groups in total. The fourth-order valence-electron chi connectivity index (χ4n) is 3.96. The van der Waals surface area contributed by atoms with Crippen LogP contribution in [-0.4, -0.2) is 16.1 Å². The zero-order valence-corrected chi connectivity index (χ0v) is 18.3. The normalized spacial score (nSPS) is 16.6. The van der Waals surface area contributed by atoms with Crippen LogP contribution in [0, 0.1) is 0 Å². The van der Waals surface area contributed by atoms with Crippen LogP contribution in [0.25, 0.3) is 0 Å². The van der Waals surface area contributed by atoms with Gasteiger partial charge in [-0.2, -0.15) is 0 Å². The van der Waals surface area contributed by atoms with Gasteiger partial charge in [-0.05, 0) is 49.2 Å². The summed E-state index contributed by atoms with van der Waals surface area (Å²) in [5.74, 6) is 0. The molecule has 28 heavy (non-hydrogen) atoms. The average molecular weight is 415 g/mol. The van der Waals surface area contributed by atoms with Gasteiger partial charge in [-0.1, -0.05) is 92.2 Å². The Hall–Kier alpha value is -1.58. The van der Waals surface area contributed by atoms with E-state index < -0.39 is 0 Å². The van der Waals surface area contributed by atoms with E-state index in [2.05, 4.69) is 53.5 Å². The fraction of sp³-hybridized carbons (Fsp3) is 0.458. The second kappa shape index (κ2) is 10.8. The standard InChI is InChI=1S/C24H31ClN2S/c1-19(20-12-6-5-7-13-20)27(18-21-14-10-11-17-23(21)25)24(28)26-22-15-8-3-2-4-9-16-22/h5-7,10-14,17,19,22H,2-4,8-9,15-16,18H2,1H3,(H,26,28). The molecular formula is C24H31ClN2S. The number of benzene rings is 2. The molecule has 0 saturated heterocycles. The molecule has 0 aliphatic heterocycles. The maximum Gasteiger partial charge on any atom is 0.169 e. The van der Waals surface area contributed by atoms with E-state index >= 15 is 0 Å². The summed E-state index contributed by atoms with van der Waals surface area (Å²) in [6, 6.07) is 19.3. The molecule has 150 valence electrons. The summed E-state index contributed by atoms with van der Waals surface area (Å²) in [5, 5.41) is 5.32. The molecule has 2 nitrogen and oxygen atoms in total. The van der Waals surface area contributed by atoms with E-state index in [1.54, 1.807) is 0 Å². The Morgan fingerprint density at radius 2 is 1.61 bits per heavy atom. The van der Waals surface area contributed by atoms with Gasteiger partial charge in [0.25, 0.3) is 0 Å². The van der Waals surface area contributed by atoms with Crippen LogP contribution in [0.3, 0.4) is 0 Å². The van der Waals surface area contributed by atoms with E-state index in [1.165, 1.54) is 50.5 Å². The number of nitrogens with zero attached hydrogens (tertiary/aromatic N) is 1. The largest absolute Gasteiger partial charge is 0.360 e. The van der Waals surface area contributed by atoms with Gasteiger partial charge in [0.1, 0.15) is 0 Å². The van der Waals surface area contributed by atoms with Crippen LogP contribution >= 0.6 is 23.8 Å². The third kappa shape index (κ3) is 5.96. The Balaban J connectivity index is 1.78. The average Bonchev–Trinajstić information content (AvgIpc) is 2.69. The second-order valence-corrected chi connectivity index (χ2v) is 8.59. The van der Waals surface area contributed by atoms with Crippen LogP contribution in [0.15, 0.2) is 54.6 Å². The maximum atomic E-state index is 6.46. The molecule has 1 fully saturated rings. The highest BCUT2D eigenvalue weighted by Crippen LogP contribution is 2.26. The van der Waals surface area contributed by atoms with E-state index in [-0.39, 0.29) is 6.04 Å². The van der Waals surface area contributed by atoms with Crippen LogP contribution in [0.5, 0.6) is 0 Å². The molecule has 1 saturated carbocycles. The minimum atomic E-state index is 0.172. The lowest BCUT2D eigenvalue weighted by Crippen LogP contribution is -2.45. The van der Waals surface area contributed by atoms with Crippen molar-refractivity contribution in [2.75, 3.05) is 0 Å². The van der Waals surface area contributed by atoms with Crippen molar-refractivity contribution in [1.29, 1.82) is 0 Å². The van der Waals surface area contributed by atoms with E-state index in [4.69, 9.17) is 23.8 Å². The molecule has 4 heteroatoms. The van der Waals surface area contributed by atoms with Crippen molar-refractivity contribution < 1.29 is 0 Å². The molecule has 1 aliphatic rings. The van der Waals surface area contributed by atoms with E-state index in [0.29, 0.717) is 12.6 Å². The Bertz CT molecular complexity index is 741. The summed E-state index contributed by atoms with van der Waals surface area (Å²) in [6.45, 7) is 2.92. The Labute approximate surface area is 180 Å². The van der Waals surface area contributed by atoms with Gasteiger partial charge >= 0.3 is 0 Å². The summed E-state index contributed by atoms with van der Waals surface area (Å²) in [5.41, 5.74) is 2.37. The van der Waals surface area contributed by atoms with Gasteiger partial charge < -0.3 is 10.2 Å². The molecule has 2 aromatic rings. The molecule has 0 amide bonds. The minimum Gasteiger partial charge on any atom is -0.360 e. The van der Waals surface area contributed by atoms with E-state index in [9.17, 15) is 0 Å². The van der Waals surface area contributed by atoms with Crippen molar-refractivity contribution >= 4 is 28.9 Å². The lowest BCUT2D eigenvalue weighted by atomic mass is 9.97. The molecular weight excluding hydrogens is 384 g/mol. The molecule has 1 aliphatic carbocycles. The SMILES string of the molecule is CC(c1ccccc1)N(Cc1ccccc1Cl)C(=S)NC1CCCCCCC1. The van der Waals surface area contributed by atoms with Crippen molar-refractivity contribution in [2.24, 2.45) is 0 Å². The second-order valence-electron chi connectivity index (χ2n) is 7.80. The van der Waals surface area contributed by atoms with Gasteiger partial charge in [0.05, 0.1) is 6.04 Å². The zero-order chi connectivity index (χ0) is 19.8. The minimum absolute atomic E-state index is 0.172. The molecule has 0 radical (unpaired) electrons. The smallest absolute Gasteiger partial charge is 0.169 e. The first-order valence-corrected chi connectivity index (χ1v) is 11.3. The van der Waals surface area contributed by atoms with Gasteiger partial charge in [-0.3, -0.25) is 0 Å². The topological polar surface area (TPSA) is 15.3 Å². The number of hydrogen-bond donors (Lipinski definition) is 1. The van der Waals surface area contributed by atoms with E-state index in [1.807, 2.05) is 18.2 Å². The first kappa shape index (κ1) is 21.1. The predicted molar refractivity (Wildman–Crippen MR) is 124 cm³/mol. The van der Waals surface area contributed by atoms with Crippen LogP contribution in [0.2, 0.25) is 5.02 Å². The van der Waals surface area contributed by atoms with Gasteiger partial charge in [0.2, 0.25) is 0 Å².